The van der Waals surface area contributed by atoms with E-state index in [1.165, 1.54) is 12.8 Å². The predicted octanol–water partition coefficient (Wildman–Crippen LogP) is 2.27. The Morgan fingerprint density at radius 2 is 2.14 bits per heavy atom. The van der Waals surface area contributed by atoms with Crippen LogP contribution in [0.2, 0.25) is 0 Å². The smallest absolute Gasteiger partial charge is 0.264 e. The van der Waals surface area contributed by atoms with E-state index >= 15 is 0 Å². The van der Waals surface area contributed by atoms with Crippen LogP contribution in [0, 0.1) is 5.92 Å². The Balaban J connectivity index is 1.66. The van der Waals surface area contributed by atoms with Gasteiger partial charge in [0.05, 0.1) is 6.61 Å². The molecule has 0 aliphatic heterocycles. The van der Waals surface area contributed by atoms with Gasteiger partial charge in [0, 0.05) is 24.4 Å². The van der Waals surface area contributed by atoms with Crippen molar-refractivity contribution in [2.75, 3.05) is 25.6 Å². The normalized spacial score (nSPS) is 16.5. The number of halogens is 2. The molecular formula is C8H14F2O3S. The Hall–Kier alpha value is 0.0900. The first kappa shape index (κ1) is 12.2. The third kappa shape index (κ3) is 7.49. The van der Waals surface area contributed by atoms with Gasteiger partial charge in [-0.05, 0) is 18.8 Å². The maximum atomic E-state index is 11.5. The van der Waals surface area contributed by atoms with Crippen molar-refractivity contribution < 1.29 is 22.7 Å². The molecule has 1 fully saturated rings. The summed E-state index contributed by atoms with van der Waals surface area (Å²) in [6, 6.07) is 0. The van der Waals surface area contributed by atoms with Gasteiger partial charge in [0.15, 0.2) is 0 Å². The Morgan fingerprint density at radius 3 is 2.79 bits per heavy atom. The number of ether oxygens (including phenoxy) is 1. The molecule has 0 N–H and O–H groups in total. The summed E-state index contributed by atoms with van der Waals surface area (Å²) in [6.45, 7) is 0.688. The van der Waals surface area contributed by atoms with Crippen molar-refractivity contribution in [1.82, 2.24) is 0 Å². The lowest BCUT2D eigenvalue weighted by molar-refractivity contribution is -0.214. The first-order valence-corrected chi connectivity index (χ1v) is 5.47. The van der Waals surface area contributed by atoms with Crippen LogP contribution in [0.3, 0.4) is 0 Å². The standard InChI is InChI=1S/C8H14F2O3S/c9-8(10)6-12-13-14-4-3-11-5-7-1-2-7/h7-8H,1-6H2. The Morgan fingerprint density at radius 1 is 1.36 bits per heavy atom. The maximum absolute atomic E-state index is 11.5. The Bertz CT molecular complexity index is 137. The SMILES string of the molecule is FC(F)COOSCCOCC1CC1. The van der Waals surface area contributed by atoms with Crippen molar-refractivity contribution in [1.29, 1.82) is 0 Å². The van der Waals surface area contributed by atoms with Gasteiger partial charge in [-0.3, -0.25) is 0 Å². The summed E-state index contributed by atoms with van der Waals surface area (Å²) in [6.07, 6.45) is 0.0455. The van der Waals surface area contributed by atoms with Crippen LogP contribution < -0.4 is 0 Å². The molecule has 0 saturated heterocycles. The van der Waals surface area contributed by atoms with Gasteiger partial charge in [0.1, 0.15) is 6.61 Å². The Kier molecular flexibility index (Phi) is 6.42. The van der Waals surface area contributed by atoms with E-state index in [4.69, 9.17) is 4.74 Å². The van der Waals surface area contributed by atoms with Crippen molar-refractivity contribution >= 4 is 12.0 Å². The zero-order chi connectivity index (χ0) is 10.2. The fourth-order valence-electron chi connectivity index (χ4n) is 0.775. The molecule has 0 heterocycles. The molecule has 0 aromatic heterocycles. The molecule has 0 amide bonds. The predicted molar refractivity (Wildman–Crippen MR) is 49.0 cm³/mol. The summed E-state index contributed by atoms with van der Waals surface area (Å²) < 4.78 is 32.7. The fourth-order valence-corrected chi connectivity index (χ4v) is 1.15. The molecule has 0 aromatic carbocycles. The van der Waals surface area contributed by atoms with Crippen molar-refractivity contribution in [3.05, 3.63) is 0 Å². The molecule has 3 nitrogen and oxygen atoms in total. The summed E-state index contributed by atoms with van der Waals surface area (Å²) in [5.74, 6) is 1.34. The highest BCUT2D eigenvalue weighted by Gasteiger charge is 2.20. The number of hydrogen-bond acceptors (Lipinski definition) is 4. The summed E-state index contributed by atoms with van der Waals surface area (Å²) in [7, 11) is 0. The average molecular weight is 228 g/mol. The highest BCUT2D eigenvalue weighted by atomic mass is 32.2. The molecule has 0 bridgehead atoms. The van der Waals surface area contributed by atoms with Crippen LogP contribution >= 0.6 is 12.0 Å². The van der Waals surface area contributed by atoms with Crippen molar-refractivity contribution in [3.63, 3.8) is 0 Å². The molecule has 0 radical (unpaired) electrons. The second-order valence-electron chi connectivity index (χ2n) is 3.08. The quantitative estimate of drug-likeness (QED) is 0.262. The Labute approximate surface area is 86.2 Å². The van der Waals surface area contributed by atoms with Gasteiger partial charge in [-0.2, -0.15) is 4.33 Å². The molecule has 0 spiro atoms. The minimum absolute atomic E-state index is 0.569. The summed E-state index contributed by atoms with van der Waals surface area (Å²) in [4.78, 5) is 4.19. The van der Waals surface area contributed by atoms with E-state index in [9.17, 15) is 8.78 Å². The monoisotopic (exact) mass is 228 g/mol. The molecule has 0 atom stereocenters. The zero-order valence-corrected chi connectivity index (χ0v) is 8.60. The van der Waals surface area contributed by atoms with Crippen LogP contribution in [-0.2, 0) is 14.0 Å². The van der Waals surface area contributed by atoms with E-state index in [0.29, 0.717) is 12.4 Å². The molecule has 14 heavy (non-hydrogen) atoms. The molecule has 0 aromatic rings. The van der Waals surface area contributed by atoms with E-state index in [0.717, 1.165) is 24.6 Å². The van der Waals surface area contributed by atoms with E-state index in [2.05, 4.69) is 9.22 Å². The third-order valence-electron chi connectivity index (χ3n) is 1.65. The van der Waals surface area contributed by atoms with Gasteiger partial charge in [-0.15, -0.1) is 0 Å². The summed E-state index contributed by atoms with van der Waals surface area (Å²) in [5.41, 5.74) is 0. The van der Waals surface area contributed by atoms with Gasteiger partial charge in [-0.25, -0.2) is 13.7 Å². The molecule has 1 aliphatic carbocycles. The summed E-state index contributed by atoms with van der Waals surface area (Å²) in [5, 5.41) is 0. The van der Waals surface area contributed by atoms with E-state index < -0.39 is 13.0 Å². The topological polar surface area (TPSA) is 27.7 Å². The van der Waals surface area contributed by atoms with Crippen LogP contribution in [0.1, 0.15) is 12.8 Å². The van der Waals surface area contributed by atoms with Crippen molar-refractivity contribution in [3.8, 4) is 0 Å². The minimum Gasteiger partial charge on any atom is -0.380 e. The first-order chi connectivity index (χ1) is 6.79. The number of alkyl halides is 2. The number of hydrogen-bond donors (Lipinski definition) is 0. The fraction of sp³-hybridized carbons (Fsp3) is 1.00. The summed E-state index contributed by atoms with van der Waals surface area (Å²) >= 11 is 0.987. The van der Waals surface area contributed by atoms with Crippen molar-refractivity contribution in [2.24, 2.45) is 5.92 Å². The minimum atomic E-state index is -2.48. The largest absolute Gasteiger partial charge is 0.380 e. The second kappa shape index (κ2) is 7.39. The molecule has 1 rings (SSSR count). The third-order valence-corrected chi connectivity index (χ3v) is 2.18. The van der Waals surface area contributed by atoms with Crippen LogP contribution in [0.25, 0.3) is 0 Å². The highest BCUT2D eigenvalue weighted by molar-refractivity contribution is 7.94. The highest BCUT2D eigenvalue weighted by Crippen LogP contribution is 2.28. The van der Waals surface area contributed by atoms with Crippen LogP contribution in [0.15, 0.2) is 0 Å². The lowest BCUT2D eigenvalue weighted by atomic mass is 10.5. The van der Waals surface area contributed by atoms with Crippen LogP contribution in [-0.4, -0.2) is 32.0 Å². The van der Waals surface area contributed by atoms with Gasteiger partial charge < -0.3 is 4.74 Å². The maximum Gasteiger partial charge on any atom is 0.264 e. The molecule has 1 saturated carbocycles. The molecular weight excluding hydrogens is 214 g/mol. The molecule has 84 valence electrons. The zero-order valence-electron chi connectivity index (χ0n) is 7.79. The molecule has 6 heteroatoms. The molecule has 0 unspecified atom stereocenters. The van der Waals surface area contributed by atoms with Gasteiger partial charge in [-0.1, -0.05) is 0 Å². The van der Waals surface area contributed by atoms with E-state index in [1.54, 1.807) is 0 Å². The second-order valence-corrected chi connectivity index (χ2v) is 3.86. The van der Waals surface area contributed by atoms with E-state index in [1.807, 2.05) is 0 Å². The average Bonchev–Trinajstić information content (AvgIpc) is 2.92. The van der Waals surface area contributed by atoms with Crippen molar-refractivity contribution in [2.45, 2.75) is 19.3 Å². The first-order valence-electron chi connectivity index (χ1n) is 4.56. The van der Waals surface area contributed by atoms with Crippen LogP contribution in [0.5, 0.6) is 0 Å². The van der Waals surface area contributed by atoms with Gasteiger partial charge >= 0.3 is 0 Å². The molecule has 1 aliphatic rings. The van der Waals surface area contributed by atoms with E-state index in [-0.39, 0.29) is 0 Å². The number of rotatable bonds is 9. The lowest BCUT2D eigenvalue weighted by Crippen LogP contribution is -2.04. The van der Waals surface area contributed by atoms with Gasteiger partial charge in [0.25, 0.3) is 6.43 Å². The lowest BCUT2D eigenvalue weighted by Gasteiger charge is -2.02. The van der Waals surface area contributed by atoms with Crippen LogP contribution in [0.4, 0.5) is 8.78 Å². The van der Waals surface area contributed by atoms with Gasteiger partial charge in [0.2, 0.25) is 0 Å².